The summed E-state index contributed by atoms with van der Waals surface area (Å²) in [4.78, 5) is 14.7. The number of aryl methyl sites for hydroxylation is 2. The number of aliphatic hydroxyl groups is 1. The van der Waals surface area contributed by atoms with Crippen LogP contribution >= 0.6 is 0 Å². The Bertz CT molecular complexity index is 697. The van der Waals surface area contributed by atoms with Crippen LogP contribution in [-0.2, 0) is 0 Å². The first-order valence-electron chi connectivity index (χ1n) is 8.45. The molecule has 1 heterocycles. The van der Waals surface area contributed by atoms with Gasteiger partial charge in [-0.05, 0) is 62.1 Å². The number of amides is 1. The maximum Gasteiger partial charge on any atom is 0.255 e. The lowest BCUT2D eigenvalue weighted by Crippen LogP contribution is -2.35. The smallest absolute Gasteiger partial charge is 0.255 e. The van der Waals surface area contributed by atoms with Crippen LogP contribution in [0.3, 0.4) is 0 Å². The predicted molar refractivity (Wildman–Crippen MR) is 97.8 cm³/mol. The van der Waals surface area contributed by atoms with Gasteiger partial charge in [0.05, 0.1) is 6.10 Å². The molecule has 1 fully saturated rings. The molecule has 3 rings (SSSR count). The highest BCUT2D eigenvalue weighted by atomic mass is 16.3. The number of nitrogens with one attached hydrogen (secondary N) is 1. The highest BCUT2D eigenvalue weighted by molar-refractivity contribution is 6.05. The molecule has 1 aliphatic rings. The molecule has 0 radical (unpaired) electrons. The number of carbonyl (C=O) groups is 1. The number of aliphatic hydroxyl groups excluding tert-OH is 1. The van der Waals surface area contributed by atoms with Gasteiger partial charge in [0.15, 0.2) is 0 Å². The van der Waals surface area contributed by atoms with E-state index in [1.165, 1.54) is 0 Å². The topological polar surface area (TPSA) is 52.6 Å². The maximum atomic E-state index is 12.5. The van der Waals surface area contributed by atoms with Crippen molar-refractivity contribution >= 4 is 17.3 Å². The zero-order valence-electron chi connectivity index (χ0n) is 14.2. The summed E-state index contributed by atoms with van der Waals surface area (Å²) in [5.74, 6) is -0.0898. The van der Waals surface area contributed by atoms with Crippen LogP contribution in [0.15, 0.2) is 42.5 Å². The highest BCUT2D eigenvalue weighted by Gasteiger charge is 2.17. The Morgan fingerprint density at radius 3 is 2.21 bits per heavy atom. The molecule has 2 aromatic rings. The van der Waals surface area contributed by atoms with Crippen LogP contribution in [0.4, 0.5) is 11.4 Å². The Labute approximate surface area is 143 Å². The summed E-state index contributed by atoms with van der Waals surface area (Å²) in [6, 6.07) is 13.7. The van der Waals surface area contributed by atoms with Crippen molar-refractivity contribution in [2.24, 2.45) is 0 Å². The second-order valence-electron chi connectivity index (χ2n) is 6.49. The lowest BCUT2D eigenvalue weighted by molar-refractivity contribution is 0.102. The molecule has 2 aromatic carbocycles. The molecule has 0 aromatic heterocycles. The maximum absolute atomic E-state index is 12.5. The average molecular weight is 324 g/mol. The van der Waals surface area contributed by atoms with Crippen LogP contribution in [0.25, 0.3) is 0 Å². The van der Waals surface area contributed by atoms with E-state index in [1.807, 2.05) is 56.3 Å². The minimum Gasteiger partial charge on any atom is -0.393 e. The second-order valence-corrected chi connectivity index (χ2v) is 6.49. The van der Waals surface area contributed by atoms with Gasteiger partial charge in [0.1, 0.15) is 0 Å². The summed E-state index contributed by atoms with van der Waals surface area (Å²) in [6.45, 7) is 5.71. The van der Waals surface area contributed by atoms with E-state index in [4.69, 9.17) is 0 Å². The summed E-state index contributed by atoms with van der Waals surface area (Å²) < 4.78 is 0. The van der Waals surface area contributed by atoms with Crippen LogP contribution < -0.4 is 10.2 Å². The fourth-order valence-electron chi connectivity index (χ4n) is 3.15. The molecule has 4 heteroatoms. The molecule has 4 nitrogen and oxygen atoms in total. The molecule has 24 heavy (non-hydrogen) atoms. The monoisotopic (exact) mass is 324 g/mol. The van der Waals surface area contributed by atoms with Crippen LogP contribution in [0.1, 0.15) is 34.3 Å². The number of piperidine rings is 1. The van der Waals surface area contributed by atoms with Crippen LogP contribution in [0.5, 0.6) is 0 Å². The third kappa shape index (κ3) is 3.60. The minimum absolute atomic E-state index is 0.0898. The molecular weight excluding hydrogens is 300 g/mol. The Morgan fingerprint density at radius 2 is 1.62 bits per heavy atom. The number of hydrogen-bond donors (Lipinski definition) is 2. The van der Waals surface area contributed by atoms with Crippen molar-refractivity contribution in [3.8, 4) is 0 Å². The number of para-hydroxylation sites is 1. The van der Waals surface area contributed by atoms with E-state index in [9.17, 15) is 9.90 Å². The van der Waals surface area contributed by atoms with Crippen molar-refractivity contribution in [3.63, 3.8) is 0 Å². The Morgan fingerprint density at radius 1 is 1.04 bits per heavy atom. The summed E-state index contributed by atoms with van der Waals surface area (Å²) in [7, 11) is 0. The first-order valence-corrected chi connectivity index (χ1v) is 8.45. The zero-order valence-corrected chi connectivity index (χ0v) is 14.2. The quantitative estimate of drug-likeness (QED) is 0.908. The summed E-state index contributed by atoms with van der Waals surface area (Å²) in [6.07, 6.45) is 1.42. The van der Waals surface area contributed by atoms with E-state index in [0.717, 1.165) is 48.4 Å². The van der Waals surface area contributed by atoms with Crippen molar-refractivity contribution in [1.82, 2.24) is 0 Å². The van der Waals surface area contributed by atoms with Gasteiger partial charge in [0.25, 0.3) is 5.91 Å². The minimum atomic E-state index is -0.177. The number of anilines is 2. The van der Waals surface area contributed by atoms with Gasteiger partial charge < -0.3 is 15.3 Å². The molecule has 1 amide bonds. The van der Waals surface area contributed by atoms with Crippen LogP contribution in [0.2, 0.25) is 0 Å². The second kappa shape index (κ2) is 7.05. The number of carbonyl (C=O) groups excluding carboxylic acids is 1. The summed E-state index contributed by atoms with van der Waals surface area (Å²) in [5.41, 5.74) is 4.76. The van der Waals surface area contributed by atoms with Crippen molar-refractivity contribution in [2.45, 2.75) is 32.8 Å². The number of rotatable bonds is 3. The van der Waals surface area contributed by atoms with Gasteiger partial charge in [0, 0.05) is 30.0 Å². The molecule has 1 aliphatic heterocycles. The van der Waals surface area contributed by atoms with Gasteiger partial charge in [-0.1, -0.05) is 18.2 Å². The van der Waals surface area contributed by atoms with Gasteiger partial charge >= 0.3 is 0 Å². The average Bonchev–Trinajstić information content (AvgIpc) is 2.59. The molecule has 0 spiro atoms. The van der Waals surface area contributed by atoms with Crippen LogP contribution in [-0.4, -0.2) is 30.2 Å². The number of nitrogens with zero attached hydrogens (tertiary/aromatic N) is 1. The Hall–Kier alpha value is -2.33. The van der Waals surface area contributed by atoms with Crippen molar-refractivity contribution in [2.75, 3.05) is 23.3 Å². The van der Waals surface area contributed by atoms with Gasteiger partial charge in [-0.2, -0.15) is 0 Å². The van der Waals surface area contributed by atoms with E-state index >= 15 is 0 Å². The largest absolute Gasteiger partial charge is 0.393 e. The Balaban J connectivity index is 1.70. The van der Waals surface area contributed by atoms with Crippen molar-refractivity contribution < 1.29 is 9.90 Å². The van der Waals surface area contributed by atoms with Crippen LogP contribution in [0, 0.1) is 13.8 Å². The first kappa shape index (κ1) is 16.5. The normalized spacial score (nSPS) is 15.4. The molecule has 0 bridgehead atoms. The standard InChI is InChI=1S/C20H24N2O2/c1-14-4-3-5-15(2)19(14)21-20(24)16-6-8-17(9-7-16)22-12-10-18(23)11-13-22/h3-9,18,23H,10-13H2,1-2H3,(H,21,24). The molecule has 126 valence electrons. The molecule has 2 N–H and O–H groups in total. The van der Waals surface area contributed by atoms with E-state index in [1.54, 1.807) is 0 Å². The SMILES string of the molecule is Cc1cccc(C)c1NC(=O)c1ccc(N2CCC(O)CC2)cc1. The fraction of sp³-hybridized carbons (Fsp3) is 0.350. The number of benzene rings is 2. The fourth-order valence-corrected chi connectivity index (χ4v) is 3.15. The molecule has 0 atom stereocenters. The summed E-state index contributed by atoms with van der Waals surface area (Å²) in [5, 5.41) is 12.6. The Kier molecular flexibility index (Phi) is 4.86. The lowest BCUT2D eigenvalue weighted by atomic mass is 10.1. The predicted octanol–water partition coefficient (Wildman–Crippen LogP) is 3.52. The van der Waals surface area contributed by atoms with E-state index in [-0.39, 0.29) is 12.0 Å². The molecular formula is C20H24N2O2. The molecule has 1 saturated heterocycles. The molecule has 0 aliphatic carbocycles. The van der Waals surface area contributed by atoms with Crippen molar-refractivity contribution in [3.05, 3.63) is 59.2 Å². The van der Waals surface area contributed by atoms with E-state index < -0.39 is 0 Å². The van der Waals surface area contributed by atoms with Gasteiger partial charge in [-0.3, -0.25) is 4.79 Å². The zero-order chi connectivity index (χ0) is 17.1. The lowest BCUT2D eigenvalue weighted by Gasteiger charge is -2.31. The van der Waals surface area contributed by atoms with Gasteiger partial charge in [-0.25, -0.2) is 0 Å². The molecule has 0 unspecified atom stereocenters. The number of hydrogen-bond acceptors (Lipinski definition) is 3. The highest BCUT2D eigenvalue weighted by Crippen LogP contribution is 2.23. The van der Waals surface area contributed by atoms with Gasteiger partial charge in [-0.15, -0.1) is 0 Å². The molecule has 0 saturated carbocycles. The van der Waals surface area contributed by atoms with Gasteiger partial charge in [0.2, 0.25) is 0 Å². The van der Waals surface area contributed by atoms with Crippen molar-refractivity contribution in [1.29, 1.82) is 0 Å². The van der Waals surface area contributed by atoms with E-state index in [0.29, 0.717) is 5.56 Å². The summed E-state index contributed by atoms with van der Waals surface area (Å²) >= 11 is 0. The third-order valence-electron chi connectivity index (χ3n) is 4.68. The third-order valence-corrected chi connectivity index (χ3v) is 4.68. The first-order chi connectivity index (χ1) is 11.5. The van der Waals surface area contributed by atoms with E-state index in [2.05, 4.69) is 10.2 Å².